The number of carbonyl (C=O) groups is 1. The van der Waals surface area contributed by atoms with E-state index in [0.717, 1.165) is 12.1 Å². The summed E-state index contributed by atoms with van der Waals surface area (Å²) in [5.41, 5.74) is 0.363. The largest absolute Gasteiger partial charge is 0.480 e. The summed E-state index contributed by atoms with van der Waals surface area (Å²) in [6.45, 7) is 2.17. The molecule has 10 heteroatoms. The number of aliphatic carboxylic acids is 1. The molecule has 1 aromatic carbocycles. The van der Waals surface area contributed by atoms with Gasteiger partial charge in [-0.3, -0.25) is 14.9 Å². The summed E-state index contributed by atoms with van der Waals surface area (Å²) >= 11 is 0. The second-order valence-corrected chi connectivity index (χ2v) is 6.04. The summed E-state index contributed by atoms with van der Waals surface area (Å²) in [5.74, 6) is -1.59. The van der Waals surface area contributed by atoms with E-state index in [-0.39, 0.29) is 0 Å². The Morgan fingerprint density at radius 1 is 1.38 bits per heavy atom. The average Bonchev–Trinajstić information content (AvgIpc) is 2.37. The highest BCUT2D eigenvalue weighted by Crippen LogP contribution is 2.27. The van der Waals surface area contributed by atoms with E-state index < -0.39 is 44.1 Å². The first-order valence-electron chi connectivity index (χ1n) is 5.71. The van der Waals surface area contributed by atoms with Crippen LogP contribution < -0.4 is 4.72 Å². The van der Waals surface area contributed by atoms with Crippen LogP contribution in [0.15, 0.2) is 17.0 Å². The highest BCUT2D eigenvalue weighted by Gasteiger charge is 2.31. The standard InChI is InChI=1S/C11H14N2O7S/c1-6-3-9(13(17)18)10(4-7(6)2)21(19,20)12-8(5-14)11(15)16/h3-4,8,12,14H,5H2,1-2H3,(H,15,16)/t8-/m0/s1. The molecule has 1 atom stereocenters. The zero-order valence-electron chi connectivity index (χ0n) is 11.2. The van der Waals surface area contributed by atoms with Crippen molar-refractivity contribution in [2.45, 2.75) is 24.8 Å². The minimum atomic E-state index is -4.46. The number of hydrogen-bond acceptors (Lipinski definition) is 6. The van der Waals surface area contributed by atoms with E-state index in [1.165, 1.54) is 0 Å². The van der Waals surface area contributed by atoms with E-state index in [0.29, 0.717) is 11.1 Å². The molecule has 9 nitrogen and oxygen atoms in total. The zero-order chi connectivity index (χ0) is 16.4. The van der Waals surface area contributed by atoms with E-state index in [1.807, 2.05) is 0 Å². The van der Waals surface area contributed by atoms with Crippen LogP contribution in [0, 0.1) is 24.0 Å². The van der Waals surface area contributed by atoms with Crippen LogP contribution in [0.1, 0.15) is 11.1 Å². The molecule has 0 bridgehead atoms. The van der Waals surface area contributed by atoms with Gasteiger partial charge in [-0.25, -0.2) is 8.42 Å². The van der Waals surface area contributed by atoms with E-state index in [9.17, 15) is 23.3 Å². The van der Waals surface area contributed by atoms with Crippen molar-refractivity contribution in [3.05, 3.63) is 33.4 Å². The Morgan fingerprint density at radius 2 is 1.90 bits per heavy atom. The van der Waals surface area contributed by atoms with Crippen molar-refractivity contribution < 1.29 is 28.3 Å². The molecule has 0 aliphatic carbocycles. The third kappa shape index (κ3) is 3.74. The van der Waals surface area contributed by atoms with Gasteiger partial charge in [-0.1, -0.05) is 0 Å². The van der Waals surface area contributed by atoms with E-state index in [4.69, 9.17) is 10.2 Å². The predicted octanol–water partition coefficient (Wildman–Crippen LogP) is -0.0646. The SMILES string of the molecule is Cc1cc([N+](=O)[O-])c(S(=O)(=O)N[C@@H](CO)C(=O)O)cc1C. The fourth-order valence-corrected chi connectivity index (χ4v) is 2.97. The molecule has 21 heavy (non-hydrogen) atoms. The first-order chi connectivity index (χ1) is 9.60. The lowest BCUT2D eigenvalue weighted by molar-refractivity contribution is -0.387. The quantitative estimate of drug-likeness (QED) is 0.491. The van der Waals surface area contributed by atoms with Gasteiger partial charge in [-0.15, -0.1) is 0 Å². The molecular weight excluding hydrogens is 304 g/mol. The lowest BCUT2D eigenvalue weighted by Crippen LogP contribution is -2.43. The molecule has 0 aromatic heterocycles. The summed E-state index contributed by atoms with van der Waals surface area (Å²) in [4.78, 5) is 20.2. The van der Waals surface area contributed by atoms with Crippen LogP contribution in [0.3, 0.4) is 0 Å². The van der Waals surface area contributed by atoms with Gasteiger partial charge in [0, 0.05) is 6.07 Å². The lowest BCUT2D eigenvalue weighted by Gasteiger charge is -2.13. The highest BCUT2D eigenvalue weighted by atomic mass is 32.2. The van der Waals surface area contributed by atoms with Gasteiger partial charge in [0.2, 0.25) is 10.0 Å². The van der Waals surface area contributed by atoms with Gasteiger partial charge in [0.15, 0.2) is 4.90 Å². The van der Waals surface area contributed by atoms with E-state index in [1.54, 1.807) is 18.6 Å². The van der Waals surface area contributed by atoms with Gasteiger partial charge in [0.1, 0.15) is 6.04 Å². The average molecular weight is 318 g/mol. The smallest absolute Gasteiger partial charge is 0.324 e. The number of benzene rings is 1. The Balaban J connectivity index is 3.40. The number of aliphatic hydroxyl groups excluding tert-OH is 1. The minimum absolute atomic E-state index is 0.497. The molecule has 1 rings (SSSR count). The second-order valence-electron chi connectivity index (χ2n) is 4.36. The van der Waals surface area contributed by atoms with E-state index >= 15 is 0 Å². The molecule has 0 amide bonds. The summed E-state index contributed by atoms with van der Waals surface area (Å²) < 4.78 is 25.9. The topological polar surface area (TPSA) is 147 Å². The number of hydrogen-bond donors (Lipinski definition) is 3. The van der Waals surface area contributed by atoms with E-state index in [2.05, 4.69) is 0 Å². The maximum absolute atomic E-state index is 12.1. The predicted molar refractivity (Wildman–Crippen MR) is 71.4 cm³/mol. The summed E-state index contributed by atoms with van der Waals surface area (Å²) in [5, 5.41) is 28.6. The number of carboxylic acids is 1. The Labute approximate surface area is 120 Å². The molecule has 0 spiro atoms. The normalized spacial score (nSPS) is 12.9. The number of nitrogens with one attached hydrogen (secondary N) is 1. The number of carboxylic acid groups (broad SMARTS) is 1. The van der Waals surface area contributed by atoms with Gasteiger partial charge in [0.05, 0.1) is 11.5 Å². The highest BCUT2D eigenvalue weighted by molar-refractivity contribution is 7.89. The fourth-order valence-electron chi connectivity index (χ4n) is 1.55. The molecular formula is C11H14N2O7S. The maximum Gasteiger partial charge on any atom is 0.324 e. The number of rotatable bonds is 6. The number of aryl methyl sites for hydroxylation is 2. The molecule has 0 unspecified atom stereocenters. The summed E-state index contributed by atoms with van der Waals surface area (Å²) in [7, 11) is -4.46. The number of nitro groups is 1. The molecule has 0 saturated heterocycles. The molecule has 0 fully saturated rings. The third-order valence-electron chi connectivity index (χ3n) is 2.84. The molecule has 0 aliphatic rings. The monoisotopic (exact) mass is 318 g/mol. The van der Waals surface area contributed by atoms with Crippen LogP contribution in [0.2, 0.25) is 0 Å². The summed E-state index contributed by atoms with van der Waals surface area (Å²) in [6.07, 6.45) is 0. The maximum atomic E-state index is 12.1. The molecule has 0 radical (unpaired) electrons. The second kappa shape index (κ2) is 6.16. The van der Waals surface area contributed by atoms with Crippen molar-refractivity contribution in [2.75, 3.05) is 6.61 Å². The molecule has 0 aliphatic heterocycles. The Morgan fingerprint density at radius 3 is 2.33 bits per heavy atom. The van der Waals surface area contributed by atoms with Crippen LogP contribution in [0.4, 0.5) is 5.69 Å². The van der Waals surface area contributed by atoms with Gasteiger partial charge >= 0.3 is 5.97 Å². The number of sulfonamides is 1. The van der Waals surface area contributed by atoms with Crippen LogP contribution in [-0.2, 0) is 14.8 Å². The van der Waals surface area contributed by atoms with Crippen LogP contribution >= 0.6 is 0 Å². The molecule has 0 saturated carbocycles. The zero-order valence-corrected chi connectivity index (χ0v) is 12.0. The van der Waals surface area contributed by atoms with Crippen molar-refractivity contribution in [2.24, 2.45) is 0 Å². The van der Waals surface area contributed by atoms with Crippen LogP contribution in [-0.4, -0.2) is 42.2 Å². The van der Waals surface area contributed by atoms with Crippen molar-refractivity contribution in [3.63, 3.8) is 0 Å². The Kier molecular flexibility index (Phi) is 4.99. The first-order valence-corrected chi connectivity index (χ1v) is 7.20. The fraction of sp³-hybridized carbons (Fsp3) is 0.364. The van der Waals surface area contributed by atoms with Crippen molar-refractivity contribution >= 4 is 21.7 Å². The van der Waals surface area contributed by atoms with Crippen LogP contribution in [0.5, 0.6) is 0 Å². The molecule has 116 valence electrons. The van der Waals surface area contributed by atoms with Gasteiger partial charge in [0.25, 0.3) is 5.69 Å². The number of nitro benzene ring substituents is 1. The van der Waals surface area contributed by atoms with Crippen molar-refractivity contribution in [1.82, 2.24) is 4.72 Å². The lowest BCUT2D eigenvalue weighted by atomic mass is 10.1. The number of nitrogens with zero attached hydrogens (tertiary/aromatic N) is 1. The first kappa shape index (κ1) is 17.0. The summed E-state index contributed by atoms with van der Waals surface area (Å²) in [6, 6.07) is 0.404. The third-order valence-corrected chi connectivity index (χ3v) is 4.34. The number of aliphatic hydroxyl groups is 1. The van der Waals surface area contributed by atoms with Crippen molar-refractivity contribution in [3.8, 4) is 0 Å². The minimum Gasteiger partial charge on any atom is -0.480 e. The van der Waals surface area contributed by atoms with Crippen LogP contribution in [0.25, 0.3) is 0 Å². The Hall–Kier alpha value is -2.04. The van der Waals surface area contributed by atoms with Gasteiger partial charge in [-0.2, -0.15) is 4.72 Å². The molecule has 1 aromatic rings. The molecule has 0 heterocycles. The van der Waals surface area contributed by atoms with Crippen molar-refractivity contribution in [1.29, 1.82) is 0 Å². The Bertz CT molecular complexity index is 684. The molecule has 3 N–H and O–H groups in total. The van der Waals surface area contributed by atoms with Gasteiger partial charge in [-0.05, 0) is 31.0 Å². The van der Waals surface area contributed by atoms with Gasteiger partial charge < -0.3 is 10.2 Å².